The van der Waals surface area contributed by atoms with E-state index in [4.69, 9.17) is 4.98 Å². The average molecular weight is 521 g/mol. The number of nitrogens with zero attached hydrogens (tertiary/aromatic N) is 3. The van der Waals surface area contributed by atoms with Gasteiger partial charge in [-0.05, 0) is 73.4 Å². The van der Waals surface area contributed by atoms with Gasteiger partial charge < -0.3 is 14.8 Å². The lowest BCUT2D eigenvalue weighted by Gasteiger charge is -2.32. The molecule has 34 heavy (non-hydrogen) atoms. The second kappa shape index (κ2) is 9.58. The maximum atomic E-state index is 13.8. The van der Waals surface area contributed by atoms with Crippen LogP contribution in [0.1, 0.15) is 24.0 Å². The van der Waals surface area contributed by atoms with Crippen LogP contribution in [0.5, 0.6) is 0 Å². The second-order valence-corrected chi connectivity index (χ2v) is 9.69. The summed E-state index contributed by atoms with van der Waals surface area (Å²) in [5, 5.41) is 3.07. The van der Waals surface area contributed by atoms with Gasteiger partial charge in [0.05, 0.1) is 17.6 Å². The predicted octanol–water partition coefficient (Wildman–Crippen LogP) is 6.15. The Labute approximate surface area is 206 Å². The first-order valence-corrected chi connectivity index (χ1v) is 12.3. The monoisotopic (exact) mass is 520 g/mol. The smallest absolute Gasteiger partial charge is 0.227 e. The van der Waals surface area contributed by atoms with Crippen LogP contribution in [-0.2, 0) is 11.3 Å². The standard InChI is InChI=1S/C27H26BrFN4O/c1-18-15-22(9-10-23(18)28)30-26(34)20-11-13-32(14-12-20)27-31-24-7-2-3-8-25(24)33(27)17-19-5-4-6-21(29)16-19/h2-10,15-16,20H,11-14,17H2,1H3,(H,30,34). The van der Waals surface area contributed by atoms with Gasteiger partial charge in [0.2, 0.25) is 11.9 Å². The van der Waals surface area contributed by atoms with E-state index in [-0.39, 0.29) is 17.6 Å². The summed E-state index contributed by atoms with van der Waals surface area (Å²) in [5.41, 5.74) is 4.74. The molecule has 3 aromatic carbocycles. The Kier molecular flexibility index (Phi) is 6.37. The van der Waals surface area contributed by atoms with E-state index < -0.39 is 0 Å². The number of halogens is 2. The molecule has 7 heteroatoms. The fraction of sp³-hybridized carbons (Fsp3) is 0.259. The molecule has 0 spiro atoms. The first kappa shape index (κ1) is 22.6. The second-order valence-electron chi connectivity index (χ2n) is 8.83. The highest BCUT2D eigenvalue weighted by Gasteiger charge is 2.28. The predicted molar refractivity (Wildman–Crippen MR) is 138 cm³/mol. The maximum absolute atomic E-state index is 13.8. The Morgan fingerprint density at radius 1 is 1.09 bits per heavy atom. The summed E-state index contributed by atoms with van der Waals surface area (Å²) >= 11 is 3.50. The Balaban J connectivity index is 1.32. The number of amides is 1. The number of rotatable bonds is 5. The number of imidazole rings is 1. The molecule has 1 aliphatic heterocycles. The zero-order chi connectivity index (χ0) is 23.7. The highest BCUT2D eigenvalue weighted by Crippen LogP contribution is 2.29. The summed E-state index contributed by atoms with van der Waals surface area (Å²) in [6.45, 7) is 4.03. The van der Waals surface area contributed by atoms with Gasteiger partial charge in [-0.1, -0.05) is 40.2 Å². The van der Waals surface area contributed by atoms with Gasteiger partial charge in [-0.15, -0.1) is 0 Å². The van der Waals surface area contributed by atoms with E-state index >= 15 is 0 Å². The minimum atomic E-state index is -0.240. The van der Waals surface area contributed by atoms with Crippen molar-refractivity contribution in [3.05, 3.63) is 88.1 Å². The van der Waals surface area contributed by atoms with E-state index in [1.807, 2.05) is 55.5 Å². The average Bonchev–Trinajstić information content (AvgIpc) is 3.20. The molecule has 1 amide bonds. The number of anilines is 2. The third kappa shape index (κ3) is 4.71. The van der Waals surface area contributed by atoms with Gasteiger partial charge in [-0.2, -0.15) is 0 Å². The van der Waals surface area contributed by atoms with Crippen LogP contribution in [0, 0.1) is 18.7 Å². The van der Waals surface area contributed by atoms with Crippen molar-refractivity contribution in [1.82, 2.24) is 9.55 Å². The van der Waals surface area contributed by atoms with Crippen LogP contribution in [0.2, 0.25) is 0 Å². The molecular formula is C27H26BrFN4O. The minimum Gasteiger partial charge on any atom is -0.342 e. The molecule has 0 saturated carbocycles. The normalized spacial score (nSPS) is 14.5. The molecule has 0 aliphatic carbocycles. The van der Waals surface area contributed by atoms with Gasteiger partial charge in [-0.3, -0.25) is 4.79 Å². The van der Waals surface area contributed by atoms with Crippen LogP contribution in [-0.4, -0.2) is 28.5 Å². The van der Waals surface area contributed by atoms with Gasteiger partial charge in [0, 0.05) is 29.2 Å². The number of carbonyl (C=O) groups is 1. The quantitative estimate of drug-likeness (QED) is 0.343. The maximum Gasteiger partial charge on any atom is 0.227 e. The van der Waals surface area contributed by atoms with E-state index in [0.29, 0.717) is 6.54 Å². The Morgan fingerprint density at radius 3 is 2.65 bits per heavy atom. The SMILES string of the molecule is Cc1cc(NC(=O)C2CCN(c3nc4ccccc4n3Cc3cccc(F)c3)CC2)ccc1Br. The molecule has 0 bridgehead atoms. The summed E-state index contributed by atoms with van der Waals surface area (Å²) in [4.78, 5) is 20.0. The molecule has 174 valence electrons. The van der Waals surface area contributed by atoms with Crippen LogP contribution in [0.25, 0.3) is 11.0 Å². The molecule has 1 fully saturated rings. The Bertz CT molecular complexity index is 1340. The van der Waals surface area contributed by atoms with Gasteiger partial charge in [-0.25, -0.2) is 9.37 Å². The number of hydrogen-bond donors (Lipinski definition) is 1. The molecular weight excluding hydrogens is 495 g/mol. The van der Waals surface area contributed by atoms with Gasteiger partial charge >= 0.3 is 0 Å². The number of fused-ring (bicyclic) bond motifs is 1. The number of carbonyl (C=O) groups excluding carboxylic acids is 1. The number of piperidine rings is 1. The molecule has 0 radical (unpaired) electrons. The molecule has 1 aliphatic rings. The molecule has 4 aromatic rings. The first-order chi connectivity index (χ1) is 16.5. The Hall–Kier alpha value is -3.19. The van der Waals surface area contributed by atoms with Gasteiger partial charge in [0.15, 0.2) is 0 Å². The van der Waals surface area contributed by atoms with Crippen LogP contribution >= 0.6 is 15.9 Å². The number of benzene rings is 3. The van der Waals surface area contributed by atoms with E-state index in [0.717, 1.165) is 64.2 Å². The molecule has 1 aromatic heterocycles. The fourth-order valence-electron chi connectivity index (χ4n) is 4.59. The number of hydrogen-bond acceptors (Lipinski definition) is 3. The Morgan fingerprint density at radius 2 is 1.88 bits per heavy atom. The lowest BCUT2D eigenvalue weighted by Crippen LogP contribution is -2.39. The van der Waals surface area contributed by atoms with Crippen molar-refractivity contribution in [2.24, 2.45) is 5.92 Å². The van der Waals surface area contributed by atoms with E-state index in [1.165, 1.54) is 6.07 Å². The van der Waals surface area contributed by atoms with E-state index in [9.17, 15) is 9.18 Å². The molecule has 1 N–H and O–H groups in total. The van der Waals surface area contributed by atoms with Crippen LogP contribution in [0.15, 0.2) is 71.2 Å². The highest BCUT2D eigenvalue weighted by atomic mass is 79.9. The fourth-order valence-corrected chi connectivity index (χ4v) is 4.83. The van der Waals surface area contributed by atoms with Crippen molar-refractivity contribution in [2.75, 3.05) is 23.3 Å². The molecule has 5 rings (SSSR count). The largest absolute Gasteiger partial charge is 0.342 e. The summed E-state index contributed by atoms with van der Waals surface area (Å²) in [5.74, 6) is 0.653. The summed E-state index contributed by atoms with van der Waals surface area (Å²) in [7, 11) is 0. The summed E-state index contributed by atoms with van der Waals surface area (Å²) < 4.78 is 17.0. The number of nitrogens with one attached hydrogen (secondary N) is 1. The lowest BCUT2D eigenvalue weighted by atomic mass is 9.96. The van der Waals surface area contributed by atoms with E-state index in [2.05, 4.69) is 30.7 Å². The van der Waals surface area contributed by atoms with Crippen LogP contribution < -0.4 is 10.2 Å². The zero-order valence-electron chi connectivity index (χ0n) is 19.0. The minimum absolute atomic E-state index is 0.0405. The molecule has 0 atom stereocenters. The zero-order valence-corrected chi connectivity index (χ0v) is 20.6. The molecule has 2 heterocycles. The van der Waals surface area contributed by atoms with Crippen molar-refractivity contribution in [1.29, 1.82) is 0 Å². The highest BCUT2D eigenvalue weighted by molar-refractivity contribution is 9.10. The molecule has 5 nitrogen and oxygen atoms in total. The van der Waals surface area contributed by atoms with Crippen molar-refractivity contribution in [3.63, 3.8) is 0 Å². The number of aromatic nitrogens is 2. The molecule has 0 unspecified atom stereocenters. The van der Waals surface area contributed by atoms with E-state index in [1.54, 1.807) is 12.1 Å². The number of para-hydroxylation sites is 2. The topological polar surface area (TPSA) is 50.2 Å². The van der Waals surface area contributed by atoms with Crippen molar-refractivity contribution in [2.45, 2.75) is 26.3 Å². The van der Waals surface area contributed by atoms with Crippen LogP contribution in [0.4, 0.5) is 16.0 Å². The first-order valence-electron chi connectivity index (χ1n) is 11.5. The van der Waals surface area contributed by atoms with Crippen molar-refractivity contribution < 1.29 is 9.18 Å². The van der Waals surface area contributed by atoms with Crippen LogP contribution in [0.3, 0.4) is 0 Å². The van der Waals surface area contributed by atoms with Crippen molar-refractivity contribution in [3.8, 4) is 0 Å². The lowest BCUT2D eigenvalue weighted by molar-refractivity contribution is -0.120. The molecule has 1 saturated heterocycles. The summed E-state index contributed by atoms with van der Waals surface area (Å²) in [6, 6.07) is 20.6. The summed E-state index contributed by atoms with van der Waals surface area (Å²) in [6.07, 6.45) is 1.51. The van der Waals surface area contributed by atoms with Crippen molar-refractivity contribution >= 4 is 44.5 Å². The van der Waals surface area contributed by atoms with Gasteiger partial charge in [0.1, 0.15) is 5.82 Å². The third-order valence-corrected chi connectivity index (χ3v) is 7.33. The number of aryl methyl sites for hydroxylation is 1. The third-order valence-electron chi connectivity index (χ3n) is 6.44. The van der Waals surface area contributed by atoms with Gasteiger partial charge in [0.25, 0.3) is 0 Å².